The van der Waals surface area contributed by atoms with Crippen LogP contribution in [0.2, 0.25) is 0 Å². The number of aromatic nitrogens is 2. The molecule has 0 saturated carbocycles. The fourth-order valence-electron chi connectivity index (χ4n) is 3.99. The molecule has 0 bridgehead atoms. The topological polar surface area (TPSA) is 16.8 Å². The summed E-state index contributed by atoms with van der Waals surface area (Å²) in [6.45, 7) is 2.18. The maximum Gasteiger partial charge on any atom is 0.239 e. The minimum atomic E-state index is 1.06. The molecule has 0 unspecified atom stereocenters. The Kier molecular flexibility index (Phi) is 3.26. The number of hydrogen-bond donors (Lipinski definition) is 0. The Morgan fingerprint density at radius 3 is 2.46 bits per heavy atom. The number of nitrogens with zero attached hydrogens (tertiary/aromatic N) is 2. The monoisotopic (exact) mass is 335 g/mol. The van der Waals surface area contributed by atoms with E-state index in [1.54, 1.807) is 0 Å². The van der Waals surface area contributed by atoms with Crippen molar-refractivity contribution in [1.82, 2.24) is 4.98 Å². The van der Waals surface area contributed by atoms with E-state index >= 15 is 0 Å². The van der Waals surface area contributed by atoms with E-state index in [0.717, 1.165) is 5.52 Å². The molecule has 0 aliphatic carbocycles. The Hall–Kier alpha value is -3.26. The summed E-state index contributed by atoms with van der Waals surface area (Å²) >= 11 is 0. The lowest BCUT2D eigenvalue weighted by Gasteiger charge is -2.11. The van der Waals surface area contributed by atoms with Gasteiger partial charge in [-0.2, -0.15) is 4.57 Å². The third-order valence-electron chi connectivity index (χ3n) is 5.25. The average Bonchev–Trinajstić information content (AvgIpc) is 2.69. The number of rotatable bonds is 1. The number of hydrogen-bond acceptors (Lipinski definition) is 1. The summed E-state index contributed by atoms with van der Waals surface area (Å²) in [6.07, 6.45) is 3.91. The van der Waals surface area contributed by atoms with Gasteiger partial charge in [-0.25, -0.2) is 4.98 Å². The van der Waals surface area contributed by atoms with Gasteiger partial charge in [0.1, 0.15) is 12.6 Å². The lowest BCUT2D eigenvalue weighted by molar-refractivity contribution is -0.644. The third kappa shape index (κ3) is 2.12. The Balaban J connectivity index is 2.01. The van der Waals surface area contributed by atoms with Gasteiger partial charge in [-0.15, -0.1) is 0 Å². The lowest BCUT2D eigenvalue weighted by atomic mass is 9.94. The third-order valence-corrected chi connectivity index (χ3v) is 5.25. The average molecular weight is 335 g/mol. The van der Waals surface area contributed by atoms with E-state index < -0.39 is 0 Å². The van der Waals surface area contributed by atoms with Crippen LogP contribution in [-0.2, 0) is 7.05 Å². The van der Waals surface area contributed by atoms with Crippen LogP contribution in [0.3, 0.4) is 0 Å². The fourth-order valence-corrected chi connectivity index (χ4v) is 3.99. The molecule has 0 aliphatic rings. The molecule has 26 heavy (non-hydrogen) atoms. The molecular formula is C24H19N2+. The Morgan fingerprint density at radius 1 is 0.769 bits per heavy atom. The zero-order chi connectivity index (χ0) is 17.7. The standard InChI is InChI=1S/C24H19N2/c1-16-7-6-10-19-21-15-18(17-8-4-3-5-9-17)11-12-20(21)23-24(22(16)19)26(2)14-13-25-23/h3-15H,1-2H3/q+1. The Bertz CT molecular complexity index is 1290. The summed E-state index contributed by atoms with van der Waals surface area (Å²) in [7, 11) is 2.10. The van der Waals surface area contributed by atoms with E-state index in [1.807, 2.05) is 12.4 Å². The van der Waals surface area contributed by atoms with E-state index in [1.165, 1.54) is 43.8 Å². The van der Waals surface area contributed by atoms with Gasteiger partial charge in [-0.3, -0.25) is 0 Å². The highest BCUT2D eigenvalue weighted by atomic mass is 14.9. The minimum absolute atomic E-state index is 1.06. The molecule has 0 radical (unpaired) electrons. The van der Waals surface area contributed by atoms with Crippen LogP contribution in [0.4, 0.5) is 0 Å². The summed E-state index contributed by atoms with van der Waals surface area (Å²) in [4.78, 5) is 4.74. The highest BCUT2D eigenvalue weighted by Gasteiger charge is 2.18. The van der Waals surface area contributed by atoms with Crippen LogP contribution < -0.4 is 4.57 Å². The van der Waals surface area contributed by atoms with Crippen LogP contribution in [0.15, 0.2) is 79.1 Å². The van der Waals surface area contributed by atoms with Gasteiger partial charge >= 0.3 is 0 Å². The summed E-state index contributed by atoms with van der Waals surface area (Å²) in [6, 6.07) is 23.8. The van der Waals surface area contributed by atoms with Crippen LogP contribution in [0.25, 0.3) is 43.7 Å². The second-order valence-electron chi connectivity index (χ2n) is 6.86. The SMILES string of the molecule is Cc1cccc2c3cc(-c4ccccc4)ccc3c3ncc[n+](C)c3c12. The van der Waals surface area contributed by atoms with E-state index in [-0.39, 0.29) is 0 Å². The van der Waals surface area contributed by atoms with Gasteiger partial charge in [0.2, 0.25) is 5.52 Å². The van der Waals surface area contributed by atoms with Gasteiger partial charge in [0, 0.05) is 5.39 Å². The first-order valence-corrected chi connectivity index (χ1v) is 8.89. The molecule has 0 amide bonds. The van der Waals surface area contributed by atoms with Gasteiger partial charge in [0.25, 0.3) is 0 Å². The maximum atomic E-state index is 4.74. The molecular weight excluding hydrogens is 316 g/mol. The first-order chi connectivity index (χ1) is 12.7. The normalized spacial score (nSPS) is 11.5. The first-order valence-electron chi connectivity index (χ1n) is 8.89. The molecule has 1 aromatic heterocycles. The summed E-state index contributed by atoms with van der Waals surface area (Å²) in [5.41, 5.74) is 6.01. The first kappa shape index (κ1) is 15.0. The molecule has 0 spiro atoms. The summed E-state index contributed by atoms with van der Waals surface area (Å²) in [5.74, 6) is 0. The second kappa shape index (κ2) is 5.63. The molecule has 0 N–H and O–H groups in total. The quantitative estimate of drug-likeness (QED) is 0.298. The van der Waals surface area contributed by atoms with Crippen LogP contribution in [0.1, 0.15) is 5.56 Å². The van der Waals surface area contributed by atoms with Crippen molar-refractivity contribution < 1.29 is 4.57 Å². The predicted molar refractivity (Wildman–Crippen MR) is 108 cm³/mol. The highest BCUT2D eigenvalue weighted by molar-refractivity contribution is 6.23. The van der Waals surface area contributed by atoms with Crippen LogP contribution in [-0.4, -0.2) is 4.98 Å². The molecule has 0 fully saturated rings. The van der Waals surface area contributed by atoms with Gasteiger partial charge in [0.15, 0.2) is 6.20 Å². The van der Waals surface area contributed by atoms with Crippen LogP contribution in [0, 0.1) is 6.92 Å². The van der Waals surface area contributed by atoms with Gasteiger partial charge in [-0.05, 0) is 40.5 Å². The second-order valence-corrected chi connectivity index (χ2v) is 6.86. The van der Waals surface area contributed by atoms with Crippen LogP contribution in [0.5, 0.6) is 0 Å². The molecule has 4 aromatic carbocycles. The lowest BCUT2D eigenvalue weighted by Crippen LogP contribution is -2.29. The minimum Gasteiger partial charge on any atom is -0.243 e. The molecule has 5 aromatic rings. The van der Waals surface area contributed by atoms with Crippen molar-refractivity contribution in [2.75, 3.05) is 0 Å². The maximum absolute atomic E-state index is 4.74. The van der Waals surface area contributed by atoms with E-state index in [2.05, 4.69) is 85.3 Å². The zero-order valence-corrected chi connectivity index (χ0v) is 14.9. The molecule has 2 heteroatoms. The van der Waals surface area contributed by atoms with E-state index in [9.17, 15) is 0 Å². The van der Waals surface area contributed by atoms with Crippen molar-refractivity contribution in [3.05, 3.63) is 84.7 Å². The van der Waals surface area contributed by atoms with E-state index in [4.69, 9.17) is 4.98 Å². The smallest absolute Gasteiger partial charge is 0.239 e. The Morgan fingerprint density at radius 2 is 1.62 bits per heavy atom. The molecule has 0 saturated heterocycles. The highest BCUT2D eigenvalue weighted by Crippen LogP contribution is 2.36. The van der Waals surface area contributed by atoms with Crippen LogP contribution >= 0.6 is 0 Å². The molecule has 1 heterocycles. The number of aryl methyl sites for hydroxylation is 2. The summed E-state index contributed by atoms with van der Waals surface area (Å²) < 4.78 is 2.18. The van der Waals surface area contributed by atoms with Gasteiger partial charge < -0.3 is 0 Å². The van der Waals surface area contributed by atoms with Gasteiger partial charge in [-0.1, -0.05) is 60.7 Å². The van der Waals surface area contributed by atoms with Crippen molar-refractivity contribution in [1.29, 1.82) is 0 Å². The Labute approximate surface area is 152 Å². The fraction of sp³-hybridized carbons (Fsp3) is 0.0833. The molecule has 124 valence electrons. The van der Waals surface area contributed by atoms with Crippen molar-refractivity contribution in [3.8, 4) is 11.1 Å². The molecule has 0 aliphatic heterocycles. The van der Waals surface area contributed by atoms with Crippen molar-refractivity contribution in [2.24, 2.45) is 7.05 Å². The number of benzene rings is 4. The zero-order valence-electron chi connectivity index (χ0n) is 14.9. The van der Waals surface area contributed by atoms with Crippen molar-refractivity contribution in [3.63, 3.8) is 0 Å². The predicted octanol–water partition coefficient (Wildman–Crippen LogP) is 5.34. The van der Waals surface area contributed by atoms with Gasteiger partial charge in [0.05, 0.1) is 11.6 Å². The molecule has 2 nitrogen and oxygen atoms in total. The molecule has 0 atom stereocenters. The summed E-state index contributed by atoms with van der Waals surface area (Å²) in [5, 5.41) is 5.04. The largest absolute Gasteiger partial charge is 0.243 e. The van der Waals surface area contributed by atoms with Crippen molar-refractivity contribution in [2.45, 2.75) is 6.92 Å². The van der Waals surface area contributed by atoms with E-state index in [0.29, 0.717) is 0 Å². The molecule has 5 rings (SSSR count). The number of fused-ring (bicyclic) bond motifs is 6. The van der Waals surface area contributed by atoms with Crippen molar-refractivity contribution >= 4 is 32.6 Å².